The molecule has 12 heavy (non-hydrogen) atoms. The lowest BCUT2D eigenvalue weighted by Crippen LogP contribution is -2.12. The molecule has 0 fully saturated rings. The third-order valence-electron chi connectivity index (χ3n) is 1.32. The Morgan fingerprint density at radius 3 is 2.67 bits per heavy atom. The van der Waals surface area contributed by atoms with Gasteiger partial charge >= 0.3 is 0 Å². The number of hydrogen-bond donors (Lipinski definition) is 2. The van der Waals surface area contributed by atoms with E-state index in [9.17, 15) is 4.39 Å². The minimum Gasteiger partial charge on any atom is -0.387 e. The summed E-state index contributed by atoms with van der Waals surface area (Å²) < 4.78 is 13.4. The number of amidine groups is 1. The van der Waals surface area contributed by atoms with Crippen LogP contribution in [-0.2, 0) is 6.42 Å². The Hall–Kier alpha value is -0.900. The Labute approximate surface area is 78.2 Å². The average molecular weight is 231 g/mol. The molecule has 0 aromatic heterocycles. The van der Waals surface area contributed by atoms with Crippen LogP contribution in [-0.4, -0.2) is 5.84 Å². The molecule has 1 aromatic rings. The van der Waals surface area contributed by atoms with E-state index in [0.29, 0.717) is 10.0 Å². The minimum atomic E-state index is -0.319. The number of hydrogen-bond acceptors (Lipinski definition) is 1. The normalized spacial score (nSPS) is 9.83. The van der Waals surface area contributed by atoms with Gasteiger partial charge in [-0.2, -0.15) is 0 Å². The van der Waals surface area contributed by atoms with Crippen molar-refractivity contribution in [2.45, 2.75) is 6.42 Å². The van der Waals surface area contributed by atoms with Crippen LogP contribution in [0.3, 0.4) is 0 Å². The topological polar surface area (TPSA) is 49.9 Å². The van der Waals surface area contributed by atoms with Gasteiger partial charge in [-0.3, -0.25) is 5.41 Å². The molecule has 2 nitrogen and oxygen atoms in total. The van der Waals surface area contributed by atoms with Gasteiger partial charge in [-0.05, 0) is 23.8 Å². The van der Waals surface area contributed by atoms with Crippen LogP contribution >= 0.6 is 15.9 Å². The maximum atomic E-state index is 12.7. The third kappa shape index (κ3) is 2.62. The fourth-order valence-electron chi connectivity index (χ4n) is 0.933. The summed E-state index contributed by atoms with van der Waals surface area (Å²) >= 11 is 3.15. The van der Waals surface area contributed by atoms with Gasteiger partial charge in [0.15, 0.2) is 0 Å². The number of nitrogens with one attached hydrogen (secondary N) is 1. The molecule has 1 rings (SSSR count). The Morgan fingerprint density at radius 1 is 1.50 bits per heavy atom. The molecule has 0 saturated carbocycles. The van der Waals surface area contributed by atoms with Crippen molar-refractivity contribution in [2.75, 3.05) is 0 Å². The van der Waals surface area contributed by atoms with Crippen molar-refractivity contribution >= 4 is 21.8 Å². The maximum absolute atomic E-state index is 12.7. The van der Waals surface area contributed by atoms with E-state index in [1.807, 2.05) is 0 Å². The molecule has 0 saturated heterocycles. The van der Waals surface area contributed by atoms with Crippen LogP contribution in [0, 0.1) is 11.2 Å². The summed E-state index contributed by atoms with van der Waals surface area (Å²) in [7, 11) is 0. The summed E-state index contributed by atoms with van der Waals surface area (Å²) in [6.45, 7) is 0. The molecule has 64 valence electrons. The van der Waals surface area contributed by atoms with Crippen molar-refractivity contribution in [1.82, 2.24) is 0 Å². The molecule has 1 aromatic carbocycles. The van der Waals surface area contributed by atoms with E-state index in [0.717, 1.165) is 0 Å². The molecule has 0 bridgehead atoms. The summed E-state index contributed by atoms with van der Waals surface area (Å²) in [6.07, 6.45) is 0.288. The minimum absolute atomic E-state index is 0.0347. The van der Waals surface area contributed by atoms with Crippen molar-refractivity contribution in [1.29, 1.82) is 5.41 Å². The molecular weight excluding hydrogens is 223 g/mol. The second kappa shape index (κ2) is 3.67. The second-order valence-electron chi connectivity index (χ2n) is 2.48. The molecule has 3 N–H and O–H groups in total. The van der Waals surface area contributed by atoms with Gasteiger partial charge in [-0.25, -0.2) is 4.39 Å². The molecule has 0 spiro atoms. The van der Waals surface area contributed by atoms with Crippen LogP contribution in [0.15, 0.2) is 22.7 Å². The zero-order valence-corrected chi connectivity index (χ0v) is 7.86. The van der Waals surface area contributed by atoms with Crippen molar-refractivity contribution in [3.8, 4) is 0 Å². The molecule has 0 unspecified atom stereocenters. The lowest BCUT2D eigenvalue weighted by Gasteiger charge is -2.00. The van der Waals surface area contributed by atoms with Crippen molar-refractivity contribution in [3.05, 3.63) is 34.1 Å². The van der Waals surface area contributed by atoms with Crippen molar-refractivity contribution in [2.24, 2.45) is 5.73 Å². The largest absolute Gasteiger partial charge is 0.387 e. The first-order chi connectivity index (χ1) is 5.58. The SMILES string of the molecule is N=C(N)Cc1cc(F)cc(Br)c1. The lowest BCUT2D eigenvalue weighted by molar-refractivity contribution is 0.625. The van der Waals surface area contributed by atoms with Gasteiger partial charge in [-0.1, -0.05) is 15.9 Å². The van der Waals surface area contributed by atoms with E-state index in [-0.39, 0.29) is 18.1 Å². The van der Waals surface area contributed by atoms with Crippen LogP contribution in [0.1, 0.15) is 5.56 Å². The Morgan fingerprint density at radius 2 is 2.17 bits per heavy atom. The summed E-state index contributed by atoms with van der Waals surface area (Å²) in [6, 6.07) is 4.47. The quantitative estimate of drug-likeness (QED) is 0.594. The van der Waals surface area contributed by atoms with E-state index in [4.69, 9.17) is 11.1 Å². The fourth-order valence-corrected chi connectivity index (χ4v) is 1.45. The monoisotopic (exact) mass is 230 g/mol. The molecule has 0 heterocycles. The Balaban J connectivity index is 2.93. The zero-order valence-electron chi connectivity index (χ0n) is 6.27. The van der Waals surface area contributed by atoms with Gasteiger partial charge in [0.05, 0.1) is 5.84 Å². The predicted molar refractivity (Wildman–Crippen MR) is 49.7 cm³/mol. The van der Waals surface area contributed by atoms with Crippen LogP contribution in [0.2, 0.25) is 0 Å². The van der Waals surface area contributed by atoms with Gasteiger partial charge in [0.25, 0.3) is 0 Å². The number of rotatable bonds is 2. The van der Waals surface area contributed by atoms with Gasteiger partial charge in [0, 0.05) is 10.9 Å². The van der Waals surface area contributed by atoms with E-state index in [1.54, 1.807) is 6.07 Å². The van der Waals surface area contributed by atoms with E-state index >= 15 is 0 Å². The highest BCUT2D eigenvalue weighted by atomic mass is 79.9. The van der Waals surface area contributed by atoms with E-state index in [1.165, 1.54) is 12.1 Å². The maximum Gasteiger partial charge on any atom is 0.124 e. The fraction of sp³-hybridized carbons (Fsp3) is 0.125. The summed E-state index contributed by atoms with van der Waals surface area (Å²) in [5.41, 5.74) is 5.87. The Bertz CT molecular complexity index is 292. The predicted octanol–water partition coefficient (Wildman–Crippen LogP) is 2.07. The van der Waals surface area contributed by atoms with Crippen molar-refractivity contribution in [3.63, 3.8) is 0 Å². The van der Waals surface area contributed by atoms with E-state index < -0.39 is 0 Å². The smallest absolute Gasteiger partial charge is 0.124 e. The Kier molecular flexibility index (Phi) is 2.81. The van der Waals surface area contributed by atoms with Gasteiger partial charge < -0.3 is 5.73 Å². The lowest BCUT2D eigenvalue weighted by atomic mass is 10.1. The second-order valence-corrected chi connectivity index (χ2v) is 3.40. The number of nitrogens with two attached hydrogens (primary N) is 1. The molecule has 0 aliphatic carbocycles. The first kappa shape index (κ1) is 9.19. The third-order valence-corrected chi connectivity index (χ3v) is 1.77. The van der Waals surface area contributed by atoms with Crippen LogP contribution in [0.5, 0.6) is 0 Å². The highest BCUT2D eigenvalue weighted by Gasteiger charge is 1.99. The molecular formula is C8H8BrFN2. The summed E-state index contributed by atoms with van der Waals surface area (Å²) in [4.78, 5) is 0. The standard InChI is InChI=1S/C8H8BrFN2/c9-6-1-5(3-8(11)12)2-7(10)4-6/h1-2,4H,3H2,(H3,11,12). The number of benzene rings is 1. The van der Waals surface area contributed by atoms with E-state index in [2.05, 4.69) is 15.9 Å². The zero-order chi connectivity index (χ0) is 9.14. The molecule has 0 aliphatic rings. The van der Waals surface area contributed by atoms with Gasteiger partial charge in [0.1, 0.15) is 5.82 Å². The average Bonchev–Trinajstić information content (AvgIpc) is 1.81. The number of halogens is 2. The van der Waals surface area contributed by atoms with Crippen LogP contribution in [0.25, 0.3) is 0 Å². The van der Waals surface area contributed by atoms with Crippen molar-refractivity contribution < 1.29 is 4.39 Å². The molecule has 0 aliphatic heterocycles. The molecule has 0 amide bonds. The highest BCUT2D eigenvalue weighted by molar-refractivity contribution is 9.10. The molecule has 4 heteroatoms. The summed E-state index contributed by atoms with van der Waals surface area (Å²) in [5, 5.41) is 7.01. The van der Waals surface area contributed by atoms with Gasteiger partial charge in [-0.15, -0.1) is 0 Å². The van der Waals surface area contributed by atoms with Crippen LogP contribution < -0.4 is 5.73 Å². The van der Waals surface area contributed by atoms with Crippen LogP contribution in [0.4, 0.5) is 4.39 Å². The molecule has 0 atom stereocenters. The molecule has 0 radical (unpaired) electrons. The summed E-state index contributed by atoms with van der Waals surface area (Å²) in [5.74, 6) is -0.284. The van der Waals surface area contributed by atoms with Gasteiger partial charge in [0.2, 0.25) is 0 Å². The first-order valence-electron chi connectivity index (χ1n) is 3.36. The highest BCUT2D eigenvalue weighted by Crippen LogP contribution is 2.14. The first-order valence-corrected chi connectivity index (χ1v) is 4.15.